The lowest BCUT2D eigenvalue weighted by atomic mass is 10.1. The molecule has 2 aromatic rings. The maximum absolute atomic E-state index is 13.1. The van der Waals surface area contributed by atoms with E-state index in [0.29, 0.717) is 29.2 Å². The smallest absolute Gasteiger partial charge is 0.261 e. The van der Waals surface area contributed by atoms with Crippen molar-refractivity contribution >= 4 is 50.8 Å². The van der Waals surface area contributed by atoms with Crippen molar-refractivity contribution in [2.45, 2.75) is 45.4 Å². The predicted octanol–water partition coefficient (Wildman–Crippen LogP) is 5.77. The van der Waals surface area contributed by atoms with Crippen LogP contribution in [0, 0.1) is 0 Å². The Morgan fingerprint density at radius 2 is 1.79 bits per heavy atom. The van der Waals surface area contributed by atoms with E-state index in [0.717, 1.165) is 56.1 Å². The molecule has 1 fully saturated rings. The number of carbonyl (C=O) groups excluding carboxylic acids is 2. The number of para-hydroxylation sites is 1. The predicted molar refractivity (Wildman–Crippen MR) is 139 cm³/mol. The highest BCUT2D eigenvalue weighted by atomic mass is 79.9. The quantitative estimate of drug-likeness (QED) is 0.350. The van der Waals surface area contributed by atoms with Crippen LogP contribution in [0.4, 0.5) is 5.69 Å². The summed E-state index contributed by atoms with van der Waals surface area (Å²) in [6.07, 6.45) is 6.25. The van der Waals surface area contributed by atoms with Gasteiger partial charge in [-0.1, -0.05) is 54.2 Å². The Balaban J connectivity index is 1.70. The van der Waals surface area contributed by atoms with Gasteiger partial charge in [-0.3, -0.25) is 14.9 Å². The molecule has 0 saturated carbocycles. The van der Waals surface area contributed by atoms with Gasteiger partial charge in [0.05, 0.1) is 23.4 Å². The zero-order valence-electron chi connectivity index (χ0n) is 18.9. The molecule has 3 rings (SSSR count). The summed E-state index contributed by atoms with van der Waals surface area (Å²) in [7, 11) is 0. The molecule has 6 nitrogen and oxygen atoms in total. The fourth-order valence-corrected chi connectivity index (χ4v) is 4.24. The van der Waals surface area contributed by atoms with Gasteiger partial charge < -0.3 is 15.0 Å². The third kappa shape index (κ3) is 7.27. The monoisotopic (exact) mass is 531 g/mol. The number of hydrogen-bond acceptors (Lipinski definition) is 4. The highest BCUT2D eigenvalue weighted by molar-refractivity contribution is 9.10. The van der Waals surface area contributed by atoms with Crippen LogP contribution >= 0.6 is 28.1 Å². The molecule has 33 heavy (non-hydrogen) atoms. The van der Waals surface area contributed by atoms with Crippen LogP contribution in [0.3, 0.4) is 0 Å². The first-order chi connectivity index (χ1) is 16.0. The van der Waals surface area contributed by atoms with Crippen LogP contribution in [-0.4, -0.2) is 41.5 Å². The van der Waals surface area contributed by atoms with E-state index in [1.54, 1.807) is 24.3 Å². The van der Waals surface area contributed by atoms with E-state index < -0.39 is 0 Å². The average molecular weight is 533 g/mol. The Morgan fingerprint density at radius 3 is 2.52 bits per heavy atom. The number of carbonyl (C=O) groups is 2. The molecule has 2 amide bonds. The molecule has 0 atom stereocenters. The van der Waals surface area contributed by atoms with Crippen LogP contribution in [-0.2, 0) is 0 Å². The first-order valence-corrected chi connectivity index (χ1v) is 12.6. The molecular formula is C25H30BrN3O3S. The lowest BCUT2D eigenvalue weighted by Crippen LogP contribution is -2.36. The first kappa shape index (κ1) is 25.2. The van der Waals surface area contributed by atoms with Gasteiger partial charge in [0.2, 0.25) is 0 Å². The first-order valence-electron chi connectivity index (χ1n) is 11.4. The fraction of sp³-hybridized carbons (Fsp3) is 0.400. The zero-order valence-corrected chi connectivity index (χ0v) is 21.3. The minimum absolute atomic E-state index is 0.0206. The normalized spacial score (nSPS) is 13.7. The molecular weight excluding hydrogens is 502 g/mol. The van der Waals surface area contributed by atoms with Gasteiger partial charge in [0.25, 0.3) is 11.8 Å². The van der Waals surface area contributed by atoms with Crippen molar-refractivity contribution in [1.29, 1.82) is 0 Å². The van der Waals surface area contributed by atoms with Crippen LogP contribution in [0.15, 0.2) is 46.9 Å². The molecule has 0 unspecified atom stereocenters. The second-order valence-corrected chi connectivity index (χ2v) is 9.33. The SMILES string of the molecule is CCCCOc1ccc(Br)cc1C(=O)NC(=S)Nc1ccccc1C(=O)N1CCCCCC1. The molecule has 8 heteroatoms. The largest absolute Gasteiger partial charge is 0.493 e. The Hall–Kier alpha value is -2.45. The molecule has 0 aliphatic carbocycles. The molecule has 2 aromatic carbocycles. The van der Waals surface area contributed by atoms with Gasteiger partial charge >= 0.3 is 0 Å². The zero-order chi connectivity index (χ0) is 23.6. The Kier molecular flexibility index (Phi) is 9.69. The molecule has 176 valence electrons. The van der Waals surface area contributed by atoms with E-state index in [4.69, 9.17) is 17.0 Å². The van der Waals surface area contributed by atoms with E-state index >= 15 is 0 Å². The van der Waals surface area contributed by atoms with Crippen LogP contribution < -0.4 is 15.4 Å². The lowest BCUT2D eigenvalue weighted by Gasteiger charge is -2.22. The van der Waals surface area contributed by atoms with Gasteiger partial charge in [-0.25, -0.2) is 0 Å². The van der Waals surface area contributed by atoms with Gasteiger partial charge in [-0.05, 0) is 61.8 Å². The minimum atomic E-state index is -0.378. The van der Waals surface area contributed by atoms with Gasteiger partial charge in [-0.15, -0.1) is 0 Å². The number of rotatable bonds is 7. The van der Waals surface area contributed by atoms with Crippen molar-refractivity contribution in [3.63, 3.8) is 0 Å². The molecule has 0 aromatic heterocycles. The van der Waals surface area contributed by atoms with Crippen molar-refractivity contribution in [3.05, 3.63) is 58.1 Å². The summed E-state index contributed by atoms with van der Waals surface area (Å²) in [6, 6.07) is 12.5. The number of benzene rings is 2. The number of unbranched alkanes of at least 4 members (excludes halogenated alkanes) is 1. The number of hydrogen-bond donors (Lipinski definition) is 2. The van der Waals surface area contributed by atoms with Crippen molar-refractivity contribution in [2.75, 3.05) is 25.0 Å². The summed E-state index contributed by atoms with van der Waals surface area (Å²) in [5.41, 5.74) is 1.51. The van der Waals surface area contributed by atoms with Crippen LogP contribution in [0.25, 0.3) is 0 Å². The highest BCUT2D eigenvalue weighted by Crippen LogP contribution is 2.24. The van der Waals surface area contributed by atoms with Crippen LogP contribution in [0.1, 0.15) is 66.2 Å². The summed E-state index contributed by atoms with van der Waals surface area (Å²) < 4.78 is 6.55. The van der Waals surface area contributed by atoms with Crippen molar-refractivity contribution in [1.82, 2.24) is 10.2 Å². The van der Waals surface area contributed by atoms with Gasteiger partial charge in [-0.2, -0.15) is 0 Å². The number of halogens is 1. The summed E-state index contributed by atoms with van der Waals surface area (Å²) in [4.78, 5) is 28.0. The van der Waals surface area contributed by atoms with E-state index in [-0.39, 0.29) is 16.9 Å². The molecule has 1 aliphatic rings. The Bertz CT molecular complexity index is 991. The summed E-state index contributed by atoms with van der Waals surface area (Å²) >= 11 is 8.81. The minimum Gasteiger partial charge on any atom is -0.493 e. The number of ether oxygens (including phenoxy) is 1. The van der Waals surface area contributed by atoms with E-state index in [2.05, 4.69) is 33.5 Å². The van der Waals surface area contributed by atoms with Crippen LogP contribution in [0.2, 0.25) is 0 Å². The Morgan fingerprint density at radius 1 is 1.06 bits per heavy atom. The molecule has 1 aliphatic heterocycles. The Labute approximate surface area is 209 Å². The lowest BCUT2D eigenvalue weighted by molar-refractivity contribution is 0.0762. The van der Waals surface area contributed by atoms with Gasteiger partial charge in [0, 0.05) is 17.6 Å². The molecule has 0 radical (unpaired) electrons. The maximum Gasteiger partial charge on any atom is 0.261 e. The fourth-order valence-electron chi connectivity index (χ4n) is 3.68. The topological polar surface area (TPSA) is 70.7 Å². The number of nitrogens with zero attached hydrogens (tertiary/aromatic N) is 1. The molecule has 1 heterocycles. The van der Waals surface area contributed by atoms with Gasteiger partial charge in [0.1, 0.15) is 5.75 Å². The molecule has 0 bridgehead atoms. The molecule has 0 spiro atoms. The summed E-state index contributed by atoms with van der Waals surface area (Å²) in [6.45, 7) is 4.14. The van der Waals surface area contributed by atoms with E-state index in [1.165, 1.54) is 0 Å². The van der Waals surface area contributed by atoms with Crippen LogP contribution in [0.5, 0.6) is 5.75 Å². The number of amides is 2. The summed E-state index contributed by atoms with van der Waals surface area (Å²) in [5, 5.41) is 5.87. The second kappa shape index (κ2) is 12.7. The number of thiocarbonyl (C=S) groups is 1. The highest BCUT2D eigenvalue weighted by Gasteiger charge is 2.21. The third-order valence-electron chi connectivity index (χ3n) is 5.47. The number of anilines is 1. The average Bonchev–Trinajstić information content (AvgIpc) is 3.09. The third-order valence-corrected chi connectivity index (χ3v) is 6.17. The van der Waals surface area contributed by atoms with E-state index in [1.807, 2.05) is 23.1 Å². The summed E-state index contributed by atoms with van der Waals surface area (Å²) in [5.74, 6) is 0.105. The maximum atomic E-state index is 13.1. The molecule has 2 N–H and O–H groups in total. The molecule has 1 saturated heterocycles. The van der Waals surface area contributed by atoms with Crippen molar-refractivity contribution < 1.29 is 14.3 Å². The van der Waals surface area contributed by atoms with E-state index in [9.17, 15) is 9.59 Å². The standard InChI is InChI=1S/C25H30BrN3O3S/c1-2-3-16-32-22-13-12-18(26)17-20(22)23(30)28-25(33)27-21-11-7-6-10-19(21)24(31)29-14-8-4-5-9-15-29/h6-7,10-13,17H,2-5,8-9,14-16H2,1H3,(H2,27,28,30,33). The van der Waals surface area contributed by atoms with Crippen molar-refractivity contribution in [2.24, 2.45) is 0 Å². The van der Waals surface area contributed by atoms with Gasteiger partial charge in [0.15, 0.2) is 5.11 Å². The number of nitrogens with one attached hydrogen (secondary N) is 2. The van der Waals surface area contributed by atoms with Crippen molar-refractivity contribution in [3.8, 4) is 5.75 Å². The second-order valence-electron chi connectivity index (χ2n) is 8.00. The number of likely N-dealkylation sites (tertiary alicyclic amines) is 1.